The van der Waals surface area contributed by atoms with Crippen molar-refractivity contribution in [3.63, 3.8) is 0 Å². The van der Waals surface area contributed by atoms with Crippen molar-refractivity contribution in [3.8, 4) is 5.75 Å². The summed E-state index contributed by atoms with van der Waals surface area (Å²) in [5, 5.41) is 4.03. The quantitative estimate of drug-likeness (QED) is 0.649. The molecule has 6 nitrogen and oxygen atoms in total. The zero-order chi connectivity index (χ0) is 21.3. The third-order valence-electron chi connectivity index (χ3n) is 4.84. The molecular weight excluding hydrogens is 422 g/mol. The lowest BCUT2D eigenvalue weighted by Crippen LogP contribution is -2.48. The van der Waals surface area contributed by atoms with Crippen molar-refractivity contribution in [2.75, 3.05) is 16.8 Å². The van der Waals surface area contributed by atoms with Gasteiger partial charge in [-0.15, -0.1) is 11.3 Å². The third-order valence-corrected chi connectivity index (χ3v) is 6.16. The van der Waals surface area contributed by atoms with Crippen molar-refractivity contribution in [1.29, 1.82) is 0 Å². The number of carbonyl (C=O) groups excluding carboxylic acids is 2. The average molecular weight is 442 g/mol. The summed E-state index contributed by atoms with van der Waals surface area (Å²) in [5.41, 5.74) is 2.78. The number of aryl methyl sites for hydroxylation is 1. The van der Waals surface area contributed by atoms with Crippen LogP contribution in [0.2, 0.25) is 5.02 Å². The molecule has 1 aliphatic heterocycles. The fraction of sp³-hybridized carbons (Fsp3) is 0.227. The second kappa shape index (κ2) is 8.45. The Morgan fingerprint density at radius 1 is 1.30 bits per heavy atom. The highest BCUT2D eigenvalue weighted by Gasteiger charge is 2.32. The van der Waals surface area contributed by atoms with E-state index in [4.69, 9.17) is 16.3 Å². The molecule has 8 heteroatoms. The molecule has 2 heterocycles. The van der Waals surface area contributed by atoms with Crippen molar-refractivity contribution in [2.24, 2.45) is 0 Å². The van der Waals surface area contributed by atoms with Crippen LogP contribution in [-0.2, 0) is 16.0 Å². The lowest BCUT2D eigenvalue weighted by Gasteiger charge is -2.33. The zero-order valence-electron chi connectivity index (χ0n) is 16.5. The van der Waals surface area contributed by atoms with Crippen LogP contribution in [0, 0.1) is 6.92 Å². The molecule has 30 heavy (non-hydrogen) atoms. The molecule has 0 fully saturated rings. The van der Waals surface area contributed by atoms with E-state index in [2.05, 4.69) is 10.3 Å². The normalized spacial score (nSPS) is 15.3. The maximum Gasteiger partial charge on any atom is 0.269 e. The van der Waals surface area contributed by atoms with Gasteiger partial charge in [-0.2, -0.15) is 0 Å². The number of halogens is 1. The molecule has 1 N–H and O–H groups in total. The number of nitrogens with zero attached hydrogens (tertiary/aromatic N) is 2. The Labute approximate surface area is 183 Å². The first-order valence-corrected chi connectivity index (χ1v) is 10.6. The minimum absolute atomic E-state index is 0.142. The number of hydrogen-bond donors (Lipinski definition) is 1. The molecule has 1 aromatic heterocycles. The Kier molecular flexibility index (Phi) is 5.74. The Bertz CT molecular complexity index is 1110. The number of anilines is 2. The third kappa shape index (κ3) is 4.32. The van der Waals surface area contributed by atoms with Crippen LogP contribution in [0.4, 0.5) is 10.8 Å². The predicted molar refractivity (Wildman–Crippen MR) is 119 cm³/mol. The van der Waals surface area contributed by atoms with Crippen LogP contribution in [0.5, 0.6) is 5.75 Å². The van der Waals surface area contributed by atoms with Crippen LogP contribution in [-0.4, -0.2) is 29.4 Å². The molecule has 154 valence electrons. The fourth-order valence-electron chi connectivity index (χ4n) is 3.25. The van der Waals surface area contributed by atoms with Crippen molar-refractivity contribution in [1.82, 2.24) is 4.98 Å². The molecule has 0 spiro atoms. The van der Waals surface area contributed by atoms with Gasteiger partial charge in [0.05, 0.1) is 12.2 Å². The number of para-hydroxylation sites is 2. The minimum atomic E-state index is -0.813. The number of nitrogens with one attached hydrogen (secondary N) is 1. The zero-order valence-corrected chi connectivity index (χ0v) is 18.1. The Balaban J connectivity index is 1.44. The van der Waals surface area contributed by atoms with Gasteiger partial charge in [-0.25, -0.2) is 4.98 Å². The van der Waals surface area contributed by atoms with E-state index in [1.54, 1.807) is 23.2 Å². The van der Waals surface area contributed by atoms with Gasteiger partial charge in [0, 0.05) is 29.4 Å². The standard InChI is InChI=1S/C22H20ClN3O3S/c1-13-7-8-15(10-17(13)23)9-16-11-24-22(30-16)25-21(28)20-12-26(14(2)27)18-5-3-4-6-19(18)29-20/h3-8,10-11,20H,9,12H2,1-2H3,(H,24,25,28). The molecule has 0 aliphatic carbocycles. The highest BCUT2D eigenvalue weighted by Crippen LogP contribution is 2.33. The molecule has 4 rings (SSSR count). The van der Waals surface area contributed by atoms with Gasteiger partial charge in [0.1, 0.15) is 5.75 Å². The summed E-state index contributed by atoms with van der Waals surface area (Å²) >= 11 is 7.60. The molecule has 0 bridgehead atoms. The van der Waals surface area contributed by atoms with Gasteiger partial charge in [-0.1, -0.05) is 35.9 Å². The SMILES string of the molecule is CC(=O)N1CC(C(=O)Nc2ncc(Cc3ccc(C)c(Cl)c3)s2)Oc2ccccc21. The Morgan fingerprint density at radius 2 is 2.10 bits per heavy atom. The number of carbonyl (C=O) groups is 2. The van der Waals surface area contributed by atoms with E-state index >= 15 is 0 Å². The topological polar surface area (TPSA) is 71.5 Å². The van der Waals surface area contributed by atoms with Gasteiger partial charge >= 0.3 is 0 Å². The number of fused-ring (bicyclic) bond motifs is 1. The van der Waals surface area contributed by atoms with Gasteiger partial charge in [0.25, 0.3) is 5.91 Å². The van der Waals surface area contributed by atoms with Crippen molar-refractivity contribution in [3.05, 3.63) is 69.7 Å². The smallest absolute Gasteiger partial charge is 0.269 e. The van der Waals surface area contributed by atoms with E-state index in [0.717, 1.165) is 21.0 Å². The summed E-state index contributed by atoms with van der Waals surface area (Å²) in [7, 11) is 0. The first-order valence-electron chi connectivity index (χ1n) is 9.45. The number of hydrogen-bond acceptors (Lipinski definition) is 5. The van der Waals surface area contributed by atoms with Crippen LogP contribution < -0.4 is 15.0 Å². The molecule has 1 atom stereocenters. The van der Waals surface area contributed by atoms with Crippen molar-refractivity contribution in [2.45, 2.75) is 26.4 Å². The Morgan fingerprint density at radius 3 is 2.87 bits per heavy atom. The monoisotopic (exact) mass is 441 g/mol. The van der Waals surface area contributed by atoms with Gasteiger partial charge in [-0.3, -0.25) is 14.9 Å². The average Bonchev–Trinajstić information content (AvgIpc) is 3.16. The molecule has 2 amide bonds. The summed E-state index contributed by atoms with van der Waals surface area (Å²) in [6.07, 6.45) is 1.61. The predicted octanol–water partition coefficient (Wildman–Crippen LogP) is 4.45. The molecule has 2 aromatic carbocycles. The van der Waals surface area contributed by atoms with E-state index in [-0.39, 0.29) is 18.4 Å². The number of aromatic nitrogens is 1. The van der Waals surface area contributed by atoms with Crippen LogP contribution in [0.25, 0.3) is 0 Å². The van der Waals surface area contributed by atoms with Crippen molar-refractivity contribution >= 4 is 45.6 Å². The number of benzene rings is 2. The van der Waals surface area contributed by atoms with E-state index in [1.807, 2.05) is 37.3 Å². The number of amides is 2. The van der Waals surface area contributed by atoms with Crippen molar-refractivity contribution < 1.29 is 14.3 Å². The van der Waals surface area contributed by atoms with E-state index in [1.165, 1.54) is 18.3 Å². The summed E-state index contributed by atoms with van der Waals surface area (Å²) in [6.45, 7) is 3.59. The first-order chi connectivity index (χ1) is 14.4. The number of ether oxygens (including phenoxy) is 1. The molecule has 0 radical (unpaired) electrons. The summed E-state index contributed by atoms with van der Waals surface area (Å²) in [5.74, 6) is 0.0297. The second-order valence-electron chi connectivity index (χ2n) is 7.09. The van der Waals surface area contributed by atoms with Crippen LogP contribution >= 0.6 is 22.9 Å². The lowest BCUT2D eigenvalue weighted by atomic mass is 10.1. The maximum absolute atomic E-state index is 12.8. The Hall–Kier alpha value is -2.90. The summed E-state index contributed by atoms with van der Waals surface area (Å²) in [4.78, 5) is 31.7. The van der Waals surface area contributed by atoms with E-state index in [0.29, 0.717) is 23.0 Å². The molecule has 3 aromatic rings. The highest BCUT2D eigenvalue weighted by atomic mass is 35.5. The highest BCUT2D eigenvalue weighted by molar-refractivity contribution is 7.15. The number of thiazole rings is 1. The fourth-order valence-corrected chi connectivity index (χ4v) is 4.30. The summed E-state index contributed by atoms with van der Waals surface area (Å²) < 4.78 is 5.83. The number of rotatable bonds is 4. The van der Waals surface area contributed by atoms with E-state index < -0.39 is 6.10 Å². The van der Waals surface area contributed by atoms with Gasteiger partial charge in [0.2, 0.25) is 5.91 Å². The summed E-state index contributed by atoms with van der Waals surface area (Å²) in [6, 6.07) is 13.1. The molecular formula is C22H20ClN3O3S. The van der Waals surface area contributed by atoms with Gasteiger partial charge in [-0.05, 0) is 36.2 Å². The molecule has 1 unspecified atom stereocenters. The van der Waals surface area contributed by atoms with Crippen LogP contribution in [0.15, 0.2) is 48.7 Å². The first kappa shape index (κ1) is 20.4. The van der Waals surface area contributed by atoms with E-state index in [9.17, 15) is 9.59 Å². The largest absolute Gasteiger partial charge is 0.476 e. The minimum Gasteiger partial charge on any atom is -0.476 e. The second-order valence-corrected chi connectivity index (χ2v) is 8.61. The molecule has 1 aliphatic rings. The lowest BCUT2D eigenvalue weighted by molar-refractivity contribution is -0.123. The van der Waals surface area contributed by atoms with Gasteiger partial charge < -0.3 is 9.64 Å². The molecule has 0 saturated heterocycles. The maximum atomic E-state index is 12.8. The molecule has 0 saturated carbocycles. The van der Waals surface area contributed by atoms with Gasteiger partial charge in [0.15, 0.2) is 11.2 Å². The van der Waals surface area contributed by atoms with Crippen LogP contribution in [0.1, 0.15) is 22.9 Å². The van der Waals surface area contributed by atoms with Crippen LogP contribution in [0.3, 0.4) is 0 Å².